The second-order valence-corrected chi connectivity index (χ2v) is 9.53. The Bertz CT molecular complexity index is 569. The fourth-order valence-corrected chi connectivity index (χ4v) is 6.87. The van der Waals surface area contributed by atoms with Crippen LogP contribution in [-0.2, 0) is 4.74 Å². The summed E-state index contributed by atoms with van der Waals surface area (Å²) in [5.41, 5.74) is 2.18. The number of thioether (sulfide) groups is 2. The highest BCUT2D eigenvalue weighted by molar-refractivity contribution is 8.16. The molecule has 0 spiro atoms. The molecule has 24 heavy (non-hydrogen) atoms. The molecule has 3 aliphatic rings. The highest BCUT2D eigenvalue weighted by Crippen LogP contribution is 2.43. The summed E-state index contributed by atoms with van der Waals surface area (Å²) in [6, 6.07) is 8.65. The molecule has 1 aliphatic carbocycles. The zero-order chi connectivity index (χ0) is 16.4. The fourth-order valence-electron chi connectivity index (χ4n) is 3.98. The highest BCUT2D eigenvalue weighted by Gasteiger charge is 2.36. The molecule has 2 atom stereocenters. The normalized spacial score (nSPS) is 28.4. The Morgan fingerprint density at radius 3 is 2.58 bits per heavy atom. The van der Waals surface area contributed by atoms with Crippen molar-refractivity contribution >= 4 is 29.4 Å². The van der Waals surface area contributed by atoms with Crippen LogP contribution >= 0.6 is 23.5 Å². The molecule has 2 saturated heterocycles. The Balaban J connectivity index is 1.47. The van der Waals surface area contributed by atoms with Gasteiger partial charge in [-0.3, -0.25) is 4.79 Å². The SMILES string of the molecule is O=C(c1ccc(C2SCCCS2)cc1)N1CCO[C@H]2CCCC[C@H]21. The lowest BCUT2D eigenvalue weighted by atomic mass is 9.89. The quantitative estimate of drug-likeness (QED) is 0.782. The van der Waals surface area contributed by atoms with E-state index in [4.69, 9.17) is 4.74 Å². The number of carbonyl (C=O) groups is 1. The van der Waals surface area contributed by atoms with E-state index in [0.717, 1.165) is 24.9 Å². The Kier molecular flexibility index (Phi) is 5.40. The zero-order valence-corrected chi connectivity index (χ0v) is 15.6. The number of fused-ring (bicyclic) bond motifs is 1. The standard InChI is InChI=1S/C19H25NO2S2/c21-18(20-10-11-22-17-5-2-1-4-16(17)20)14-6-8-15(9-7-14)19-23-12-3-13-24-19/h6-9,16-17,19H,1-5,10-13H2/t16-,17+/m1/s1. The van der Waals surface area contributed by atoms with Crippen molar-refractivity contribution < 1.29 is 9.53 Å². The van der Waals surface area contributed by atoms with Crippen molar-refractivity contribution in [3.05, 3.63) is 35.4 Å². The van der Waals surface area contributed by atoms with Crippen LogP contribution in [0.3, 0.4) is 0 Å². The van der Waals surface area contributed by atoms with Crippen LogP contribution in [0, 0.1) is 0 Å². The number of benzene rings is 1. The van der Waals surface area contributed by atoms with Gasteiger partial charge in [0.25, 0.3) is 5.91 Å². The van der Waals surface area contributed by atoms with Gasteiger partial charge in [0.2, 0.25) is 0 Å². The summed E-state index contributed by atoms with van der Waals surface area (Å²) in [6.45, 7) is 1.41. The van der Waals surface area contributed by atoms with Crippen molar-refractivity contribution in [1.29, 1.82) is 0 Å². The van der Waals surface area contributed by atoms with Crippen molar-refractivity contribution in [3.63, 3.8) is 0 Å². The first kappa shape index (κ1) is 16.8. The predicted molar refractivity (Wildman–Crippen MR) is 102 cm³/mol. The van der Waals surface area contributed by atoms with Crippen LogP contribution in [0.2, 0.25) is 0 Å². The average molecular weight is 364 g/mol. The molecule has 1 aromatic rings. The van der Waals surface area contributed by atoms with E-state index in [-0.39, 0.29) is 18.1 Å². The average Bonchev–Trinajstić information content (AvgIpc) is 2.68. The first-order chi connectivity index (χ1) is 11.8. The monoisotopic (exact) mass is 363 g/mol. The van der Waals surface area contributed by atoms with Gasteiger partial charge in [-0.25, -0.2) is 0 Å². The van der Waals surface area contributed by atoms with Gasteiger partial charge in [0.15, 0.2) is 0 Å². The van der Waals surface area contributed by atoms with E-state index >= 15 is 0 Å². The number of amides is 1. The topological polar surface area (TPSA) is 29.5 Å². The number of morpholine rings is 1. The van der Waals surface area contributed by atoms with Gasteiger partial charge in [-0.15, -0.1) is 23.5 Å². The maximum Gasteiger partial charge on any atom is 0.254 e. The predicted octanol–water partition coefficient (Wildman–Crippen LogP) is 4.34. The van der Waals surface area contributed by atoms with Crippen LogP contribution in [0.4, 0.5) is 0 Å². The number of rotatable bonds is 2. The number of ether oxygens (including phenoxy) is 1. The molecule has 0 unspecified atom stereocenters. The lowest BCUT2D eigenvalue weighted by Gasteiger charge is -2.43. The molecule has 5 heteroatoms. The molecule has 1 aromatic carbocycles. The smallest absolute Gasteiger partial charge is 0.254 e. The van der Waals surface area contributed by atoms with Crippen LogP contribution in [0.25, 0.3) is 0 Å². The van der Waals surface area contributed by atoms with E-state index in [1.807, 2.05) is 35.7 Å². The Labute approximate surface area is 152 Å². The van der Waals surface area contributed by atoms with Crippen molar-refractivity contribution in [1.82, 2.24) is 4.90 Å². The van der Waals surface area contributed by atoms with Crippen molar-refractivity contribution in [3.8, 4) is 0 Å². The van der Waals surface area contributed by atoms with E-state index in [1.165, 1.54) is 36.3 Å². The summed E-state index contributed by atoms with van der Waals surface area (Å²) in [7, 11) is 0. The third-order valence-corrected chi connectivity index (χ3v) is 8.27. The highest BCUT2D eigenvalue weighted by atomic mass is 32.2. The molecule has 130 valence electrons. The molecule has 0 radical (unpaired) electrons. The lowest BCUT2D eigenvalue weighted by molar-refractivity contribution is -0.0752. The molecule has 1 amide bonds. The van der Waals surface area contributed by atoms with Crippen LogP contribution in [0.1, 0.15) is 52.6 Å². The molecule has 4 rings (SSSR count). The van der Waals surface area contributed by atoms with E-state index < -0.39 is 0 Å². The number of hydrogen-bond acceptors (Lipinski definition) is 4. The largest absolute Gasteiger partial charge is 0.374 e. The second kappa shape index (κ2) is 7.71. The van der Waals surface area contributed by atoms with Gasteiger partial charge < -0.3 is 9.64 Å². The Hall–Kier alpha value is -0.650. The summed E-state index contributed by atoms with van der Waals surface area (Å²) < 4.78 is 6.43. The van der Waals surface area contributed by atoms with Gasteiger partial charge in [0.1, 0.15) is 0 Å². The molecule has 2 heterocycles. The summed E-state index contributed by atoms with van der Waals surface area (Å²) in [5, 5.41) is 0. The van der Waals surface area contributed by atoms with E-state index in [9.17, 15) is 4.79 Å². The first-order valence-corrected chi connectivity index (χ1v) is 11.2. The van der Waals surface area contributed by atoms with Crippen molar-refractivity contribution in [2.24, 2.45) is 0 Å². The molecule has 3 nitrogen and oxygen atoms in total. The molecule has 0 bridgehead atoms. The molecule has 2 aliphatic heterocycles. The second-order valence-electron chi connectivity index (χ2n) is 6.81. The van der Waals surface area contributed by atoms with Crippen molar-refractivity contribution in [2.45, 2.75) is 48.8 Å². The van der Waals surface area contributed by atoms with E-state index in [2.05, 4.69) is 17.0 Å². The lowest BCUT2D eigenvalue weighted by Crippen LogP contribution is -2.54. The molecule has 1 saturated carbocycles. The maximum absolute atomic E-state index is 13.0. The number of carbonyl (C=O) groups excluding carboxylic acids is 1. The van der Waals surface area contributed by atoms with E-state index in [0.29, 0.717) is 11.2 Å². The maximum atomic E-state index is 13.0. The molecule has 0 N–H and O–H groups in total. The Morgan fingerprint density at radius 1 is 1.04 bits per heavy atom. The van der Waals surface area contributed by atoms with E-state index in [1.54, 1.807) is 0 Å². The Morgan fingerprint density at radius 2 is 1.79 bits per heavy atom. The minimum absolute atomic E-state index is 0.186. The molecule has 0 aromatic heterocycles. The van der Waals surface area contributed by atoms with Crippen LogP contribution < -0.4 is 0 Å². The third kappa shape index (κ3) is 3.49. The first-order valence-electron chi connectivity index (χ1n) is 9.09. The van der Waals surface area contributed by atoms with Crippen LogP contribution in [0.5, 0.6) is 0 Å². The number of nitrogens with zero attached hydrogens (tertiary/aromatic N) is 1. The third-order valence-electron chi connectivity index (χ3n) is 5.25. The van der Waals surface area contributed by atoms with Gasteiger partial charge in [-0.05, 0) is 48.5 Å². The summed E-state index contributed by atoms with van der Waals surface area (Å²) in [6.07, 6.45) is 6.19. The van der Waals surface area contributed by atoms with Crippen molar-refractivity contribution in [2.75, 3.05) is 24.7 Å². The minimum Gasteiger partial charge on any atom is -0.374 e. The summed E-state index contributed by atoms with van der Waals surface area (Å²) >= 11 is 4.05. The number of hydrogen-bond donors (Lipinski definition) is 0. The van der Waals surface area contributed by atoms with Gasteiger partial charge in [0, 0.05) is 12.1 Å². The van der Waals surface area contributed by atoms with Gasteiger partial charge >= 0.3 is 0 Å². The molecular formula is C19H25NO2S2. The summed E-state index contributed by atoms with van der Waals surface area (Å²) in [4.78, 5) is 15.1. The van der Waals surface area contributed by atoms with Gasteiger partial charge in [0.05, 0.1) is 23.3 Å². The van der Waals surface area contributed by atoms with Gasteiger partial charge in [-0.2, -0.15) is 0 Å². The van der Waals surface area contributed by atoms with Gasteiger partial charge in [-0.1, -0.05) is 25.0 Å². The zero-order valence-electron chi connectivity index (χ0n) is 14.0. The summed E-state index contributed by atoms with van der Waals surface area (Å²) in [5.74, 6) is 2.68. The molecule has 3 fully saturated rings. The molecular weight excluding hydrogens is 338 g/mol. The minimum atomic E-state index is 0.186. The fraction of sp³-hybridized carbons (Fsp3) is 0.632. The van der Waals surface area contributed by atoms with Crippen LogP contribution in [0.15, 0.2) is 24.3 Å². The van der Waals surface area contributed by atoms with Crippen LogP contribution in [-0.4, -0.2) is 47.6 Å².